The number of carbonyl (C=O) groups is 2. The lowest BCUT2D eigenvalue weighted by Gasteiger charge is -2.38. The molecule has 2 aliphatic carbocycles. The number of ether oxygens (including phenoxy) is 1. The summed E-state index contributed by atoms with van der Waals surface area (Å²) >= 11 is 0. The number of rotatable bonds is 9. The number of nitrogens with zero attached hydrogens (tertiary/aromatic N) is 1. The van der Waals surface area contributed by atoms with Crippen LogP contribution < -0.4 is 0 Å². The van der Waals surface area contributed by atoms with Crippen LogP contribution >= 0.6 is 0 Å². The van der Waals surface area contributed by atoms with Crippen LogP contribution in [0, 0.1) is 11.3 Å². The lowest BCUT2D eigenvalue weighted by molar-refractivity contribution is -0.142. The van der Waals surface area contributed by atoms with Crippen molar-refractivity contribution in [1.82, 2.24) is 5.16 Å². The van der Waals surface area contributed by atoms with E-state index in [1.807, 2.05) is 0 Å². The molecule has 0 saturated heterocycles. The van der Waals surface area contributed by atoms with Gasteiger partial charge in [-0.05, 0) is 55.8 Å². The number of carboxylic acids is 1. The molecule has 0 aliphatic heterocycles. The molecule has 1 atom stereocenters. The monoisotopic (exact) mass is 391 g/mol. The number of hydrogen-bond donors (Lipinski definition) is 1. The summed E-state index contributed by atoms with van der Waals surface area (Å²) in [5.74, 6) is 0.739. The van der Waals surface area contributed by atoms with Gasteiger partial charge in [-0.25, -0.2) is 0 Å². The van der Waals surface area contributed by atoms with Crippen LogP contribution in [0.25, 0.3) is 0 Å². The van der Waals surface area contributed by atoms with Crippen LogP contribution in [0.5, 0.6) is 0 Å². The Kier molecular flexibility index (Phi) is 6.15. The topological polar surface area (TPSA) is 89.6 Å². The van der Waals surface area contributed by atoms with Crippen molar-refractivity contribution in [2.75, 3.05) is 7.11 Å². The molecule has 2 aliphatic rings. The Balaban J connectivity index is 1.76. The molecular weight excluding hydrogens is 358 g/mol. The Hall–Kier alpha value is -1.85. The maximum absolute atomic E-state index is 11.6. The largest absolute Gasteiger partial charge is 0.481 e. The minimum Gasteiger partial charge on any atom is -0.481 e. The molecule has 0 unspecified atom stereocenters. The molecule has 1 aromatic rings. The SMILES string of the molecule is COC(=O)CC[C@@H](CC(=O)O)c1onc(C2CC(CC(C)(C)C)C2)c1C1CC1. The third-order valence-corrected chi connectivity index (χ3v) is 6.01. The summed E-state index contributed by atoms with van der Waals surface area (Å²) in [5.41, 5.74) is 2.54. The predicted molar refractivity (Wildman–Crippen MR) is 104 cm³/mol. The quantitative estimate of drug-likeness (QED) is 0.596. The van der Waals surface area contributed by atoms with E-state index >= 15 is 0 Å². The fourth-order valence-corrected chi connectivity index (χ4v) is 4.62. The predicted octanol–water partition coefficient (Wildman–Crippen LogP) is 4.99. The molecule has 6 nitrogen and oxygen atoms in total. The zero-order chi connectivity index (χ0) is 20.5. The van der Waals surface area contributed by atoms with E-state index < -0.39 is 5.97 Å². The van der Waals surface area contributed by atoms with Gasteiger partial charge in [0.05, 0.1) is 19.2 Å². The van der Waals surface area contributed by atoms with Crippen LogP contribution in [0.2, 0.25) is 0 Å². The van der Waals surface area contributed by atoms with Gasteiger partial charge in [-0.1, -0.05) is 25.9 Å². The number of esters is 1. The van der Waals surface area contributed by atoms with Gasteiger partial charge in [0.2, 0.25) is 0 Å². The van der Waals surface area contributed by atoms with E-state index in [0.29, 0.717) is 29.4 Å². The van der Waals surface area contributed by atoms with Crippen molar-refractivity contribution in [2.45, 2.75) is 89.9 Å². The fraction of sp³-hybridized carbons (Fsp3) is 0.773. The molecular formula is C22H33NO5. The van der Waals surface area contributed by atoms with E-state index in [0.717, 1.165) is 42.9 Å². The summed E-state index contributed by atoms with van der Waals surface area (Å²) in [6, 6.07) is 0. The van der Waals surface area contributed by atoms with Gasteiger partial charge in [-0.2, -0.15) is 0 Å². The number of aliphatic carboxylic acids is 1. The Morgan fingerprint density at radius 2 is 1.93 bits per heavy atom. The maximum Gasteiger partial charge on any atom is 0.305 e. The van der Waals surface area contributed by atoms with E-state index in [2.05, 4.69) is 25.9 Å². The molecule has 3 rings (SSSR count). The maximum atomic E-state index is 11.6. The first kappa shape index (κ1) is 20.9. The number of carbonyl (C=O) groups excluding carboxylic acids is 1. The summed E-state index contributed by atoms with van der Waals surface area (Å²) in [6.45, 7) is 6.84. The fourth-order valence-electron chi connectivity index (χ4n) is 4.62. The van der Waals surface area contributed by atoms with Crippen LogP contribution in [0.15, 0.2) is 4.52 Å². The Labute approximate surface area is 167 Å². The van der Waals surface area contributed by atoms with Crippen LogP contribution in [-0.2, 0) is 14.3 Å². The molecule has 0 spiro atoms. The molecule has 1 aromatic heterocycles. The number of aromatic nitrogens is 1. The lowest BCUT2D eigenvalue weighted by atomic mass is 9.66. The molecule has 0 amide bonds. The van der Waals surface area contributed by atoms with Gasteiger partial charge < -0.3 is 14.4 Å². The minimum absolute atomic E-state index is 0.0529. The van der Waals surface area contributed by atoms with Crippen molar-refractivity contribution in [1.29, 1.82) is 0 Å². The third-order valence-electron chi connectivity index (χ3n) is 6.01. The van der Waals surface area contributed by atoms with Crippen molar-refractivity contribution in [2.24, 2.45) is 11.3 Å². The Morgan fingerprint density at radius 3 is 2.46 bits per heavy atom. The van der Waals surface area contributed by atoms with Crippen LogP contribution in [0.4, 0.5) is 0 Å². The summed E-state index contributed by atoms with van der Waals surface area (Å²) < 4.78 is 10.5. The third kappa shape index (κ3) is 5.15. The molecule has 1 N–H and O–H groups in total. The molecule has 6 heteroatoms. The van der Waals surface area contributed by atoms with Crippen molar-refractivity contribution in [3.05, 3.63) is 17.0 Å². The van der Waals surface area contributed by atoms with E-state index in [1.165, 1.54) is 13.5 Å². The summed E-state index contributed by atoms with van der Waals surface area (Å²) in [6.07, 6.45) is 6.24. The zero-order valence-corrected chi connectivity index (χ0v) is 17.5. The highest BCUT2D eigenvalue weighted by Crippen LogP contribution is 2.53. The second-order valence-electron chi connectivity index (χ2n) is 9.83. The summed E-state index contributed by atoms with van der Waals surface area (Å²) in [5, 5.41) is 13.8. The van der Waals surface area contributed by atoms with Crippen LogP contribution in [0.3, 0.4) is 0 Å². The first-order chi connectivity index (χ1) is 13.2. The highest BCUT2D eigenvalue weighted by atomic mass is 16.5. The lowest BCUT2D eigenvalue weighted by Crippen LogP contribution is -2.27. The van der Waals surface area contributed by atoms with E-state index in [4.69, 9.17) is 9.26 Å². The van der Waals surface area contributed by atoms with E-state index in [1.54, 1.807) is 0 Å². The molecule has 156 valence electrons. The first-order valence-corrected chi connectivity index (χ1v) is 10.5. The second-order valence-corrected chi connectivity index (χ2v) is 9.83. The number of carboxylic acid groups (broad SMARTS) is 1. The first-order valence-electron chi connectivity index (χ1n) is 10.5. The van der Waals surface area contributed by atoms with Crippen molar-refractivity contribution >= 4 is 11.9 Å². The van der Waals surface area contributed by atoms with Gasteiger partial charge in [-0.3, -0.25) is 9.59 Å². The smallest absolute Gasteiger partial charge is 0.305 e. The van der Waals surface area contributed by atoms with Gasteiger partial charge in [-0.15, -0.1) is 0 Å². The van der Waals surface area contributed by atoms with Crippen molar-refractivity contribution in [3.8, 4) is 0 Å². The molecule has 1 heterocycles. The number of methoxy groups -OCH3 is 1. The van der Waals surface area contributed by atoms with Gasteiger partial charge >= 0.3 is 11.9 Å². The van der Waals surface area contributed by atoms with Crippen molar-refractivity contribution < 1.29 is 24.0 Å². The molecule has 0 radical (unpaired) electrons. The van der Waals surface area contributed by atoms with Gasteiger partial charge in [0, 0.05) is 23.8 Å². The second kappa shape index (κ2) is 8.26. The van der Waals surface area contributed by atoms with Gasteiger partial charge in [0.25, 0.3) is 0 Å². The van der Waals surface area contributed by atoms with Crippen molar-refractivity contribution in [3.63, 3.8) is 0 Å². The summed E-state index contributed by atoms with van der Waals surface area (Å²) in [7, 11) is 1.35. The average Bonchev–Trinajstić information content (AvgIpc) is 3.32. The van der Waals surface area contributed by atoms with E-state index in [-0.39, 0.29) is 24.7 Å². The highest BCUT2D eigenvalue weighted by Gasteiger charge is 2.42. The summed E-state index contributed by atoms with van der Waals surface area (Å²) in [4.78, 5) is 23.0. The van der Waals surface area contributed by atoms with Crippen LogP contribution in [-0.4, -0.2) is 29.3 Å². The minimum atomic E-state index is -0.886. The Morgan fingerprint density at radius 1 is 1.25 bits per heavy atom. The molecule has 0 aromatic carbocycles. The normalized spacial score (nSPS) is 23.1. The van der Waals surface area contributed by atoms with E-state index in [9.17, 15) is 14.7 Å². The average molecular weight is 392 g/mol. The highest BCUT2D eigenvalue weighted by molar-refractivity contribution is 5.70. The zero-order valence-electron chi connectivity index (χ0n) is 17.5. The molecule has 2 fully saturated rings. The van der Waals surface area contributed by atoms with Crippen LogP contribution in [0.1, 0.15) is 107 Å². The van der Waals surface area contributed by atoms with Gasteiger partial charge in [0.1, 0.15) is 5.76 Å². The molecule has 0 bridgehead atoms. The Bertz CT molecular complexity index is 707. The van der Waals surface area contributed by atoms with Gasteiger partial charge in [0.15, 0.2) is 0 Å². The standard InChI is InChI=1S/C22H33NO5/c1-22(2,3)12-13-9-16(10-13)20-19(14-5-6-14)21(28-23-20)15(11-17(24)25)7-8-18(26)27-4/h13-16H,5-12H2,1-4H3,(H,24,25)/t13?,15-,16?/m0/s1. The number of hydrogen-bond acceptors (Lipinski definition) is 5. The molecule has 28 heavy (non-hydrogen) atoms. The molecule has 2 saturated carbocycles.